The number of pyridine rings is 1. The van der Waals surface area contributed by atoms with Gasteiger partial charge in [0.2, 0.25) is 5.88 Å². The van der Waals surface area contributed by atoms with E-state index in [4.69, 9.17) is 21.1 Å². The number of ether oxygens (including phenoxy) is 1. The van der Waals surface area contributed by atoms with E-state index in [1.807, 2.05) is 0 Å². The molecule has 2 aromatic heterocycles. The number of hydrogen-bond donors (Lipinski definition) is 2. The maximum Gasteiger partial charge on any atom is 0.512 e. The van der Waals surface area contributed by atoms with Gasteiger partial charge in [0.15, 0.2) is 11.2 Å². The summed E-state index contributed by atoms with van der Waals surface area (Å²) >= 11 is 6.38. The Kier molecular flexibility index (Phi) is 6.31. The van der Waals surface area contributed by atoms with Gasteiger partial charge in [-0.3, -0.25) is 4.57 Å². The number of halogens is 4. The number of nitrogens with zero attached hydrogens (tertiary/aromatic N) is 2. The molecule has 0 aliphatic rings. The monoisotopic (exact) mass is 522 g/mol. The highest BCUT2D eigenvalue weighted by atomic mass is 35.5. The molecule has 0 saturated heterocycles. The summed E-state index contributed by atoms with van der Waals surface area (Å²) < 4.78 is 53.6. The van der Waals surface area contributed by atoms with Crippen molar-refractivity contribution in [2.45, 2.75) is 24.6 Å². The summed E-state index contributed by atoms with van der Waals surface area (Å²) in [6.45, 7) is 1.20. The van der Waals surface area contributed by atoms with E-state index in [9.17, 15) is 27.9 Å². The number of benzene rings is 2. The molecule has 2 atom stereocenters. The zero-order valence-corrected chi connectivity index (χ0v) is 19.5. The molecular weight excluding hydrogens is 505 g/mol. The fourth-order valence-corrected chi connectivity index (χ4v) is 4.35. The molecule has 0 fully saturated rings. The number of aromatic nitrogens is 2. The predicted octanol–water partition coefficient (Wildman–Crippen LogP) is 5.46. The van der Waals surface area contributed by atoms with Gasteiger partial charge in [-0.1, -0.05) is 36.7 Å². The Morgan fingerprint density at radius 2 is 1.83 bits per heavy atom. The second-order valence-corrected chi connectivity index (χ2v) is 8.49. The molecule has 4 aromatic rings. The maximum absolute atomic E-state index is 14.4. The van der Waals surface area contributed by atoms with Crippen LogP contribution < -0.4 is 10.5 Å². The van der Waals surface area contributed by atoms with Gasteiger partial charge in [0.05, 0.1) is 5.52 Å². The normalized spacial score (nSPS) is 14.4. The predicted molar refractivity (Wildman–Crippen MR) is 123 cm³/mol. The van der Waals surface area contributed by atoms with E-state index in [0.717, 1.165) is 16.7 Å². The molecule has 4 rings (SSSR count). The minimum absolute atomic E-state index is 0.0280. The van der Waals surface area contributed by atoms with Crippen LogP contribution in [0, 0.1) is 0 Å². The average Bonchev–Trinajstić information content (AvgIpc) is 3.10. The first kappa shape index (κ1) is 25.3. The van der Waals surface area contributed by atoms with Crippen molar-refractivity contribution in [2.24, 2.45) is 7.05 Å². The third kappa shape index (κ3) is 4.31. The average molecular weight is 523 g/mol. The molecule has 188 valence electrons. The van der Waals surface area contributed by atoms with E-state index in [1.165, 1.54) is 56.6 Å². The zero-order valence-electron chi connectivity index (χ0n) is 18.7. The molecule has 2 N–H and O–H groups in total. The number of fused-ring (bicyclic) bond motifs is 1. The quantitative estimate of drug-likeness (QED) is 0.335. The fraction of sp³-hybridized carbons (Fsp3) is 0.208. The Bertz CT molecular complexity index is 1510. The molecule has 2 aromatic carbocycles. The molecule has 8 nitrogen and oxygen atoms in total. The molecule has 0 aliphatic heterocycles. The summed E-state index contributed by atoms with van der Waals surface area (Å²) in [5, 5.41) is 19.7. The van der Waals surface area contributed by atoms with Crippen molar-refractivity contribution in [1.82, 2.24) is 9.55 Å². The molecule has 36 heavy (non-hydrogen) atoms. The van der Waals surface area contributed by atoms with Gasteiger partial charge in [0.1, 0.15) is 0 Å². The van der Waals surface area contributed by atoms with Gasteiger partial charge in [0.25, 0.3) is 0 Å². The van der Waals surface area contributed by atoms with Crippen LogP contribution in [0.15, 0.2) is 63.9 Å². The molecule has 2 heterocycles. The smallest absolute Gasteiger partial charge is 0.449 e. The van der Waals surface area contributed by atoms with Crippen molar-refractivity contribution in [3.8, 4) is 17.0 Å². The number of hydrogen-bond acceptors (Lipinski definition) is 6. The Morgan fingerprint density at radius 3 is 2.42 bits per heavy atom. The number of alkyl halides is 3. The van der Waals surface area contributed by atoms with E-state index >= 15 is 0 Å². The Balaban J connectivity index is 1.74. The van der Waals surface area contributed by atoms with Gasteiger partial charge >= 0.3 is 18.1 Å². The summed E-state index contributed by atoms with van der Waals surface area (Å²) in [4.78, 5) is 26.2. The maximum atomic E-state index is 14.4. The molecule has 12 heteroatoms. The van der Waals surface area contributed by atoms with Crippen LogP contribution in [0.5, 0.6) is 5.88 Å². The van der Waals surface area contributed by atoms with Crippen molar-refractivity contribution < 1.29 is 37.3 Å². The molecule has 2 unspecified atom stereocenters. The zero-order chi connectivity index (χ0) is 26.4. The lowest BCUT2D eigenvalue weighted by Gasteiger charge is -2.37. The lowest BCUT2D eigenvalue weighted by atomic mass is 9.77. The van der Waals surface area contributed by atoms with E-state index in [2.05, 4.69) is 9.72 Å². The Labute approximate surface area is 206 Å². The summed E-state index contributed by atoms with van der Waals surface area (Å²) in [6.07, 6.45) is -5.30. The number of oxazole rings is 1. The highest BCUT2D eigenvalue weighted by Gasteiger charge is 2.59. The van der Waals surface area contributed by atoms with Gasteiger partial charge in [-0.25, -0.2) is 14.6 Å². The second-order valence-electron chi connectivity index (χ2n) is 8.08. The standard InChI is InChI=1S/C24H18ClF3N2O6/c1-12(16-6-3-13(9-17(16)25)14-4-8-20(29-11-14)36-22(32)33)23(34,24(26,27)28)15-5-7-19-18(10-15)30(2)21(31)35-19/h3-12,34H,1-2H3,(H,32,33). The summed E-state index contributed by atoms with van der Waals surface area (Å²) in [7, 11) is 1.35. The third-order valence-corrected chi connectivity index (χ3v) is 6.35. The van der Waals surface area contributed by atoms with Crippen LogP contribution in [0.25, 0.3) is 22.2 Å². The van der Waals surface area contributed by atoms with E-state index in [0.29, 0.717) is 11.1 Å². The van der Waals surface area contributed by atoms with Crippen molar-refractivity contribution in [2.75, 3.05) is 0 Å². The molecular formula is C24H18ClF3N2O6. The van der Waals surface area contributed by atoms with Gasteiger partial charge < -0.3 is 19.4 Å². The first-order chi connectivity index (χ1) is 16.8. The lowest BCUT2D eigenvalue weighted by Crippen LogP contribution is -2.46. The van der Waals surface area contributed by atoms with E-state index in [-0.39, 0.29) is 27.6 Å². The molecule has 0 amide bonds. The van der Waals surface area contributed by atoms with Crippen LogP contribution in [0.4, 0.5) is 18.0 Å². The number of aryl methyl sites for hydroxylation is 1. The van der Waals surface area contributed by atoms with Crippen molar-refractivity contribution in [3.05, 3.63) is 81.4 Å². The molecule has 0 bridgehead atoms. The molecule has 0 saturated carbocycles. The molecule has 0 aliphatic carbocycles. The summed E-state index contributed by atoms with van der Waals surface area (Å²) in [5.74, 6) is -2.45. The molecule has 0 spiro atoms. The van der Waals surface area contributed by atoms with Gasteiger partial charge in [-0.2, -0.15) is 13.2 Å². The van der Waals surface area contributed by atoms with E-state index < -0.39 is 35.2 Å². The van der Waals surface area contributed by atoms with Gasteiger partial charge in [-0.15, -0.1) is 0 Å². The Hall–Kier alpha value is -3.83. The second kappa shape index (κ2) is 8.99. The van der Waals surface area contributed by atoms with Crippen LogP contribution in [-0.4, -0.2) is 32.1 Å². The van der Waals surface area contributed by atoms with Crippen molar-refractivity contribution >= 4 is 28.9 Å². The van der Waals surface area contributed by atoms with Gasteiger partial charge in [-0.05, 0) is 41.0 Å². The summed E-state index contributed by atoms with van der Waals surface area (Å²) in [5.41, 5.74) is -2.63. The largest absolute Gasteiger partial charge is 0.512 e. The van der Waals surface area contributed by atoms with Gasteiger partial charge in [0, 0.05) is 35.8 Å². The SMILES string of the molecule is CC(c1ccc(-c2ccc(OC(=O)O)nc2)cc1Cl)C(O)(c1ccc2oc(=O)n(C)c2c1)C(F)(F)F. The topological polar surface area (TPSA) is 115 Å². The van der Waals surface area contributed by atoms with Crippen LogP contribution in [0.3, 0.4) is 0 Å². The number of aliphatic hydroxyl groups is 1. The minimum Gasteiger partial charge on any atom is -0.449 e. The number of carboxylic acid groups (broad SMARTS) is 1. The highest BCUT2D eigenvalue weighted by Crippen LogP contribution is 2.50. The number of carbonyl (C=O) groups is 1. The molecule has 0 radical (unpaired) electrons. The van der Waals surface area contributed by atoms with Crippen molar-refractivity contribution in [1.29, 1.82) is 0 Å². The highest BCUT2D eigenvalue weighted by molar-refractivity contribution is 6.31. The Morgan fingerprint density at radius 1 is 1.14 bits per heavy atom. The third-order valence-electron chi connectivity index (χ3n) is 6.02. The lowest BCUT2D eigenvalue weighted by molar-refractivity contribution is -0.274. The van der Waals surface area contributed by atoms with Crippen molar-refractivity contribution in [3.63, 3.8) is 0 Å². The first-order valence-corrected chi connectivity index (χ1v) is 10.8. The van der Waals surface area contributed by atoms with Crippen LogP contribution in [-0.2, 0) is 12.6 Å². The summed E-state index contributed by atoms with van der Waals surface area (Å²) in [6, 6.07) is 10.4. The fourth-order valence-electron chi connectivity index (χ4n) is 4.01. The van der Waals surface area contributed by atoms with Crippen LogP contribution >= 0.6 is 11.6 Å². The van der Waals surface area contributed by atoms with E-state index in [1.54, 1.807) is 0 Å². The first-order valence-electron chi connectivity index (χ1n) is 10.4. The number of rotatable bonds is 5. The van der Waals surface area contributed by atoms with Crippen LogP contribution in [0.2, 0.25) is 5.02 Å². The minimum atomic E-state index is -5.10. The van der Waals surface area contributed by atoms with Crippen LogP contribution in [0.1, 0.15) is 24.0 Å².